The number of Topliss-reactive ketones (excluding diaryl/α,β-unsaturated/α-hetero) is 1. The van der Waals surface area contributed by atoms with E-state index < -0.39 is 41.1 Å². The van der Waals surface area contributed by atoms with E-state index in [1.807, 2.05) is 12.1 Å². The van der Waals surface area contributed by atoms with Crippen molar-refractivity contribution in [1.82, 2.24) is 4.98 Å². The Morgan fingerprint density at radius 2 is 1.81 bits per heavy atom. The van der Waals surface area contributed by atoms with E-state index in [9.17, 15) is 19.5 Å². The molecule has 0 bridgehead atoms. The van der Waals surface area contributed by atoms with Crippen LogP contribution in [0.5, 0.6) is 0 Å². The second-order valence-electron chi connectivity index (χ2n) is 7.56. The van der Waals surface area contributed by atoms with Gasteiger partial charge in [0.15, 0.2) is 5.78 Å². The number of hydrogen-bond donors (Lipinski definition) is 1. The van der Waals surface area contributed by atoms with E-state index in [-0.39, 0.29) is 19.6 Å². The second kappa shape index (κ2) is 9.46. The molecule has 0 saturated heterocycles. The predicted molar refractivity (Wildman–Crippen MR) is 116 cm³/mol. The number of halogens is 1. The maximum atomic E-state index is 12.9. The van der Waals surface area contributed by atoms with E-state index in [2.05, 4.69) is 4.98 Å². The van der Waals surface area contributed by atoms with Gasteiger partial charge in [-0.2, -0.15) is 0 Å². The third kappa shape index (κ3) is 4.81. The predicted octanol–water partition coefficient (Wildman–Crippen LogP) is 3.63. The van der Waals surface area contributed by atoms with Crippen LogP contribution >= 0.6 is 22.9 Å². The monoisotopic (exact) mass is 465 g/mol. The number of aliphatic hydroxyl groups is 1. The highest BCUT2D eigenvalue weighted by molar-refractivity contribution is 7.15. The van der Waals surface area contributed by atoms with Crippen LogP contribution < -0.4 is 0 Å². The van der Waals surface area contributed by atoms with Crippen molar-refractivity contribution in [1.29, 1.82) is 0 Å². The maximum Gasteiger partial charge on any atom is 0.317 e. The molecule has 0 amide bonds. The van der Waals surface area contributed by atoms with Crippen molar-refractivity contribution in [3.63, 3.8) is 0 Å². The zero-order valence-corrected chi connectivity index (χ0v) is 19.0. The van der Waals surface area contributed by atoms with E-state index in [0.29, 0.717) is 10.0 Å². The van der Waals surface area contributed by atoms with Gasteiger partial charge >= 0.3 is 11.9 Å². The van der Waals surface area contributed by atoms with Crippen LogP contribution in [0.4, 0.5) is 0 Å². The highest BCUT2D eigenvalue weighted by Gasteiger charge is 2.58. The molecule has 1 aliphatic carbocycles. The average Bonchev–Trinajstić information content (AvgIpc) is 3.17. The highest BCUT2D eigenvalue weighted by atomic mass is 35.5. The zero-order valence-electron chi connectivity index (χ0n) is 17.5. The molecule has 2 aromatic rings. The first-order valence-corrected chi connectivity index (χ1v) is 11.2. The fourth-order valence-electron chi connectivity index (χ4n) is 3.97. The lowest BCUT2D eigenvalue weighted by Gasteiger charge is -2.42. The van der Waals surface area contributed by atoms with Crippen molar-refractivity contribution in [2.75, 3.05) is 13.2 Å². The smallest absolute Gasteiger partial charge is 0.317 e. The molecule has 0 aliphatic heterocycles. The molecule has 31 heavy (non-hydrogen) atoms. The van der Waals surface area contributed by atoms with E-state index >= 15 is 0 Å². The summed E-state index contributed by atoms with van der Waals surface area (Å²) in [5, 5.41) is 12.0. The summed E-state index contributed by atoms with van der Waals surface area (Å²) in [6, 6.07) is 7.14. The third-order valence-electron chi connectivity index (χ3n) is 5.29. The first-order valence-electron chi connectivity index (χ1n) is 9.99. The number of benzene rings is 1. The van der Waals surface area contributed by atoms with Gasteiger partial charge in [-0.15, -0.1) is 11.3 Å². The highest BCUT2D eigenvalue weighted by Crippen LogP contribution is 2.48. The van der Waals surface area contributed by atoms with Crippen LogP contribution in [-0.4, -0.2) is 46.6 Å². The Morgan fingerprint density at radius 3 is 2.42 bits per heavy atom. The Hall–Kier alpha value is -2.29. The summed E-state index contributed by atoms with van der Waals surface area (Å²) in [6.45, 7) is 4.89. The SMILES string of the molecule is CCOC(=O)C1C(=O)CC(C)(O)C(C(=O)OCC)C1c1ncc(-c2ccc(Cl)cc2)s1. The van der Waals surface area contributed by atoms with Crippen LogP contribution in [-0.2, 0) is 23.9 Å². The standard InChI is InChI=1S/C22H24ClNO6S/c1-4-29-20(26)16-14(25)10-22(3,28)18(21(27)30-5-2)17(16)19-24-11-15(31-19)12-6-8-13(23)9-7-12/h6-9,11,16-18,28H,4-5,10H2,1-3H3. The molecule has 9 heteroatoms. The van der Waals surface area contributed by atoms with Gasteiger partial charge in [-0.1, -0.05) is 23.7 Å². The molecule has 166 valence electrons. The number of ether oxygens (including phenoxy) is 2. The van der Waals surface area contributed by atoms with Crippen molar-refractivity contribution in [2.24, 2.45) is 11.8 Å². The van der Waals surface area contributed by atoms with Crippen molar-refractivity contribution >= 4 is 40.7 Å². The Bertz CT molecular complexity index is 971. The van der Waals surface area contributed by atoms with Gasteiger partial charge in [-0.05, 0) is 38.5 Å². The maximum absolute atomic E-state index is 12.9. The molecular weight excluding hydrogens is 442 g/mol. The summed E-state index contributed by atoms with van der Waals surface area (Å²) in [5.74, 6) is -5.30. The molecule has 1 aromatic carbocycles. The van der Waals surface area contributed by atoms with E-state index in [1.54, 1.807) is 32.2 Å². The number of carbonyl (C=O) groups is 3. The molecule has 3 rings (SSSR count). The molecule has 4 atom stereocenters. The van der Waals surface area contributed by atoms with Gasteiger partial charge in [-0.25, -0.2) is 4.98 Å². The number of nitrogens with zero attached hydrogens (tertiary/aromatic N) is 1. The lowest BCUT2D eigenvalue weighted by molar-refractivity contribution is -0.172. The second-order valence-corrected chi connectivity index (χ2v) is 9.05. The van der Waals surface area contributed by atoms with Crippen molar-refractivity contribution in [2.45, 2.75) is 38.7 Å². The van der Waals surface area contributed by atoms with Crippen LogP contribution in [0.2, 0.25) is 5.02 Å². The third-order valence-corrected chi connectivity index (χ3v) is 6.69. The topological polar surface area (TPSA) is 103 Å². The first kappa shape index (κ1) is 23.4. The minimum atomic E-state index is -1.69. The number of aromatic nitrogens is 1. The Morgan fingerprint density at radius 1 is 1.19 bits per heavy atom. The van der Waals surface area contributed by atoms with Crippen LogP contribution in [0.3, 0.4) is 0 Å². The molecule has 1 heterocycles. The van der Waals surface area contributed by atoms with Gasteiger partial charge in [0, 0.05) is 23.6 Å². The molecule has 1 aliphatic rings. The van der Waals surface area contributed by atoms with Crippen molar-refractivity contribution < 1.29 is 29.0 Å². The molecular formula is C22H24ClNO6S. The molecule has 4 unspecified atom stereocenters. The number of hydrogen-bond acceptors (Lipinski definition) is 8. The van der Waals surface area contributed by atoms with Crippen LogP contribution in [0.1, 0.15) is 38.1 Å². The number of carbonyl (C=O) groups excluding carboxylic acids is 3. The summed E-state index contributed by atoms with van der Waals surface area (Å²) < 4.78 is 10.3. The van der Waals surface area contributed by atoms with Gasteiger partial charge in [0.2, 0.25) is 0 Å². The zero-order chi connectivity index (χ0) is 22.8. The Labute approximate surface area is 189 Å². The molecule has 1 N–H and O–H groups in total. The Balaban J connectivity index is 2.10. The summed E-state index contributed by atoms with van der Waals surface area (Å²) in [7, 11) is 0. The van der Waals surface area contributed by atoms with E-state index in [1.165, 1.54) is 18.3 Å². The first-order chi connectivity index (χ1) is 14.7. The van der Waals surface area contributed by atoms with Gasteiger partial charge in [0.1, 0.15) is 5.92 Å². The lowest BCUT2D eigenvalue weighted by atomic mass is 9.64. The summed E-state index contributed by atoms with van der Waals surface area (Å²) in [5.41, 5.74) is -0.842. The summed E-state index contributed by atoms with van der Waals surface area (Å²) in [6.07, 6.45) is 1.26. The molecule has 0 spiro atoms. The summed E-state index contributed by atoms with van der Waals surface area (Å²) >= 11 is 7.21. The quantitative estimate of drug-likeness (QED) is 0.513. The van der Waals surface area contributed by atoms with Crippen molar-refractivity contribution in [3.05, 3.63) is 40.5 Å². The molecule has 1 aromatic heterocycles. The van der Waals surface area contributed by atoms with E-state index in [4.69, 9.17) is 21.1 Å². The molecule has 1 fully saturated rings. The largest absolute Gasteiger partial charge is 0.466 e. The minimum absolute atomic E-state index is 0.0870. The molecule has 0 radical (unpaired) electrons. The fraction of sp³-hybridized carbons (Fsp3) is 0.455. The summed E-state index contributed by atoms with van der Waals surface area (Å²) in [4.78, 5) is 43.7. The van der Waals surface area contributed by atoms with Gasteiger partial charge in [0.05, 0.1) is 34.6 Å². The number of rotatable bonds is 6. The fourth-order valence-corrected chi connectivity index (χ4v) is 5.19. The number of ketones is 1. The van der Waals surface area contributed by atoms with Crippen LogP contribution in [0, 0.1) is 11.8 Å². The van der Waals surface area contributed by atoms with Gasteiger partial charge in [0.25, 0.3) is 0 Å². The minimum Gasteiger partial charge on any atom is -0.466 e. The number of thiazole rings is 1. The normalized spacial score (nSPS) is 25.8. The number of esters is 2. The van der Waals surface area contributed by atoms with Gasteiger partial charge < -0.3 is 14.6 Å². The van der Waals surface area contributed by atoms with Gasteiger partial charge in [-0.3, -0.25) is 14.4 Å². The van der Waals surface area contributed by atoms with Crippen LogP contribution in [0.25, 0.3) is 10.4 Å². The Kier molecular flexibility index (Phi) is 7.13. The van der Waals surface area contributed by atoms with Crippen molar-refractivity contribution in [3.8, 4) is 10.4 Å². The molecule has 1 saturated carbocycles. The average molecular weight is 466 g/mol. The lowest BCUT2D eigenvalue weighted by Crippen LogP contribution is -2.55. The van der Waals surface area contributed by atoms with Crippen LogP contribution in [0.15, 0.2) is 30.5 Å². The molecule has 7 nitrogen and oxygen atoms in total. The van der Waals surface area contributed by atoms with E-state index in [0.717, 1.165) is 10.4 Å².